The molecule has 1 aromatic rings. The number of rotatable bonds is 7. The van der Waals surface area contributed by atoms with Crippen LogP contribution in [0.4, 0.5) is 4.39 Å². The molecule has 0 saturated carbocycles. The maximum Gasteiger partial charge on any atom is 0.222 e. The quantitative estimate of drug-likeness (QED) is 0.727. The Morgan fingerprint density at radius 1 is 1.11 bits per heavy atom. The van der Waals surface area contributed by atoms with E-state index in [-0.39, 0.29) is 11.7 Å². The summed E-state index contributed by atoms with van der Waals surface area (Å²) in [4.78, 5) is 13.9. The minimum Gasteiger partial charge on any atom is -0.343 e. The molecule has 0 saturated heterocycles. The van der Waals surface area contributed by atoms with Gasteiger partial charge in [0.15, 0.2) is 0 Å². The third kappa shape index (κ3) is 4.86. The predicted molar refractivity (Wildman–Crippen MR) is 71.9 cm³/mol. The Morgan fingerprint density at radius 2 is 1.67 bits per heavy atom. The number of hydrogen-bond donors (Lipinski definition) is 0. The number of nitrogens with zero attached hydrogens (tertiary/aromatic N) is 1. The van der Waals surface area contributed by atoms with E-state index in [1.165, 1.54) is 12.1 Å². The molecule has 0 aliphatic rings. The molecule has 0 heterocycles. The lowest BCUT2D eigenvalue weighted by molar-refractivity contribution is -0.131. The van der Waals surface area contributed by atoms with E-state index in [9.17, 15) is 9.18 Å². The third-order valence-corrected chi connectivity index (χ3v) is 2.88. The highest BCUT2D eigenvalue weighted by Crippen LogP contribution is 2.07. The Bertz CT molecular complexity index is 355. The van der Waals surface area contributed by atoms with Gasteiger partial charge < -0.3 is 4.90 Å². The molecule has 2 nitrogen and oxygen atoms in total. The van der Waals surface area contributed by atoms with Gasteiger partial charge >= 0.3 is 0 Å². The zero-order chi connectivity index (χ0) is 13.4. The van der Waals surface area contributed by atoms with E-state index >= 15 is 0 Å². The van der Waals surface area contributed by atoms with Crippen molar-refractivity contribution in [1.82, 2.24) is 4.90 Å². The number of hydrogen-bond acceptors (Lipinski definition) is 1. The number of aryl methyl sites for hydroxylation is 1. The lowest BCUT2D eigenvalue weighted by atomic mass is 10.1. The average molecular weight is 251 g/mol. The summed E-state index contributed by atoms with van der Waals surface area (Å²) in [6.07, 6.45) is 3.17. The molecule has 0 aromatic heterocycles. The number of halogens is 1. The van der Waals surface area contributed by atoms with Crippen LogP contribution < -0.4 is 0 Å². The van der Waals surface area contributed by atoms with Crippen molar-refractivity contribution in [3.8, 4) is 0 Å². The number of benzene rings is 1. The van der Waals surface area contributed by atoms with Crippen molar-refractivity contribution >= 4 is 5.91 Å². The van der Waals surface area contributed by atoms with E-state index in [0.29, 0.717) is 12.8 Å². The van der Waals surface area contributed by atoms with Crippen molar-refractivity contribution in [2.24, 2.45) is 0 Å². The van der Waals surface area contributed by atoms with Gasteiger partial charge in [0, 0.05) is 19.5 Å². The molecule has 0 radical (unpaired) electrons. The third-order valence-electron chi connectivity index (χ3n) is 2.88. The van der Waals surface area contributed by atoms with Gasteiger partial charge in [-0.15, -0.1) is 0 Å². The van der Waals surface area contributed by atoms with Crippen molar-refractivity contribution in [3.05, 3.63) is 35.6 Å². The Hall–Kier alpha value is -1.38. The van der Waals surface area contributed by atoms with Crippen molar-refractivity contribution in [1.29, 1.82) is 0 Å². The molecule has 1 aromatic carbocycles. The van der Waals surface area contributed by atoms with Crippen LogP contribution >= 0.6 is 0 Å². The van der Waals surface area contributed by atoms with E-state index in [2.05, 4.69) is 13.8 Å². The van der Waals surface area contributed by atoms with Crippen molar-refractivity contribution in [2.45, 2.75) is 39.5 Å². The summed E-state index contributed by atoms with van der Waals surface area (Å²) in [7, 11) is 0. The van der Waals surface area contributed by atoms with Crippen molar-refractivity contribution in [2.75, 3.05) is 13.1 Å². The molecule has 0 spiro atoms. The summed E-state index contributed by atoms with van der Waals surface area (Å²) in [5, 5.41) is 0. The Balaban J connectivity index is 2.45. The van der Waals surface area contributed by atoms with Gasteiger partial charge in [-0.1, -0.05) is 26.0 Å². The van der Waals surface area contributed by atoms with Crippen molar-refractivity contribution < 1.29 is 9.18 Å². The van der Waals surface area contributed by atoms with Crippen molar-refractivity contribution in [3.63, 3.8) is 0 Å². The minimum atomic E-state index is -0.233. The molecule has 0 bridgehead atoms. The average Bonchev–Trinajstić information content (AvgIpc) is 2.37. The first kappa shape index (κ1) is 14.7. The SMILES string of the molecule is CCCN(CCC)C(=O)CCc1ccc(F)cc1. The lowest BCUT2D eigenvalue weighted by Crippen LogP contribution is -2.32. The van der Waals surface area contributed by atoms with Crippen LogP contribution in [0.15, 0.2) is 24.3 Å². The normalized spacial score (nSPS) is 10.4. The topological polar surface area (TPSA) is 20.3 Å². The standard InChI is InChI=1S/C15H22FNO/c1-3-11-17(12-4-2)15(18)10-7-13-5-8-14(16)9-6-13/h5-6,8-9H,3-4,7,10-12H2,1-2H3. The molecule has 0 fully saturated rings. The monoisotopic (exact) mass is 251 g/mol. The molecule has 0 aliphatic carbocycles. The number of amides is 1. The first-order chi connectivity index (χ1) is 8.67. The smallest absolute Gasteiger partial charge is 0.222 e. The molecule has 100 valence electrons. The summed E-state index contributed by atoms with van der Waals surface area (Å²) in [5.74, 6) is -0.0355. The second-order valence-corrected chi connectivity index (χ2v) is 4.51. The van der Waals surface area contributed by atoms with E-state index in [4.69, 9.17) is 0 Å². The Morgan fingerprint density at radius 3 is 2.17 bits per heavy atom. The summed E-state index contributed by atoms with van der Waals surface area (Å²) >= 11 is 0. The molecular weight excluding hydrogens is 229 g/mol. The molecule has 18 heavy (non-hydrogen) atoms. The van der Waals surface area contributed by atoms with Crippen LogP contribution in [0.2, 0.25) is 0 Å². The van der Waals surface area contributed by atoms with Crippen LogP contribution in [0.5, 0.6) is 0 Å². The largest absolute Gasteiger partial charge is 0.343 e. The summed E-state index contributed by atoms with van der Waals surface area (Å²) < 4.78 is 12.7. The number of carbonyl (C=O) groups excluding carboxylic acids is 1. The van der Waals surface area contributed by atoms with Crippen LogP contribution in [0.25, 0.3) is 0 Å². The highest BCUT2D eigenvalue weighted by molar-refractivity contribution is 5.76. The lowest BCUT2D eigenvalue weighted by Gasteiger charge is -2.21. The van der Waals surface area contributed by atoms with Crippen LogP contribution in [0.3, 0.4) is 0 Å². The van der Waals surface area contributed by atoms with Crippen LogP contribution in [-0.2, 0) is 11.2 Å². The summed E-state index contributed by atoms with van der Waals surface area (Å²) in [6, 6.07) is 6.37. The fraction of sp³-hybridized carbons (Fsp3) is 0.533. The van der Waals surface area contributed by atoms with Gasteiger partial charge in [0.05, 0.1) is 0 Å². The molecule has 0 N–H and O–H groups in total. The molecule has 0 atom stereocenters. The highest BCUT2D eigenvalue weighted by atomic mass is 19.1. The molecule has 1 amide bonds. The van der Waals surface area contributed by atoms with Crippen LogP contribution in [-0.4, -0.2) is 23.9 Å². The Kier molecular flexibility index (Phi) is 6.40. The van der Waals surface area contributed by atoms with Gasteiger partial charge in [0.1, 0.15) is 5.82 Å². The second kappa shape index (κ2) is 7.85. The van der Waals surface area contributed by atoms with E-state index in [1.807, 2.05) is 4.90 Å². The molecule has 0 aliphatic heterocycles. The van der Waals surface area contributed by atoms with Gasteiger partial charge in [-0.25, -0.2) is 4.39 Å². The van der Waals surface area contributed by atoms with Gasteiger partial charge in [-0.3, -0.25) is 4.79 Å². The Labute approximate surface area is 109 Å². The van der Waals surface area contributed by atoms with E-state index < -0.39 is 0 Å². The summed E-state index contributed by atoms with van der Waals surface area (Å²) in [5.41, 5.74) is 1.01. The zero-order valence-corrected chi connectivity index (χ0v) is 11.3. The minimum absolute atomic E-state index is 0.197. The second-order valence-electron chi connectivity index (χ2n) is 4.51. The van der Waals surface area contributed by atoms with Crippen LogP contribution in [0.1, 0.15) is 38.7 Å². The highest BCUT2D eigenvalue weighted by Gasteiger charge is 2.11. The van der Waals surface area contributed by atoms with Gasteiger partial charge in [-0.2, -0.15) is 0 Å². The molecule has 1 rings (SSSR count). The van der Waals surface area contributed by atoms with Gasteiger partial charge in [0.2, 0.25) is 5.91 Å². The zero-order valence-electron chi connectivity index (χ0n) is 11.3. The van der Waals surface area contributed by atoms with Gasteiger partial charge in [0.25, 0.3) is 0 Å². The first-order valence-corrected chi connectivity index (χ1v) is 6.69. The maximum absolute atomic E-state index is 12.7. The fourth-order valence-electron chi connectivity index (χ4n) is 1.96. The van der Waals surface area contributed by atoms with E-state index in [1.54, 1.807) is 12.1 Å². The van der Waals surface area contributed by atoms with E-state index in [0.717, 1.165) is 31.5 Å². The van der Waals surface area contributed by atoms with Gasteiger partial charge in [-0.05, 0) is 37.0 Å². The molecule has 0 unspecified atom stereocenters. The molecular formula is C15H22FNO. The molecule has 3 heteroatoms. The number of carbonyl (C=O) groups is 1. The predicted octanol–water partition coefficient (Wildman–Crippen LogP) is 3.41. The maximum atomic E-state index is 12.7. The summed E-state index contributed by atoms with van der Waals surface area (Å²) in [6.45, 7) is 5.82. The van der Waals surface area contributed by atoms with Crippen LogP contribution in [0, 0.1) is 5.82 Å². The first-order valence-electron chi connectivity index (χ1n) is 6.69. The fourth-order valence-corrected chi connectivity index (χ4v) is 1.96.